The summed E-state index contributed by atoms with van der Waals surface area (Å²) < 4.78 is 28.6. The predicted octanol–water partition coefficient (Wildman–Crippen LogP) is 3.25. The van der Waals surface area contributed by atoms with Gasteiger partial charge in [-0.15, -0.1) is 0 Å². The third-order valence-corrected chi connectivity index (χ3v) is 4.37. The summed E-state index contributed by atoms with van der Waals surface area (Å²) >= 11 is 0. The number of carbonyl (C=O) groups is 1. The van der Waals surface area contributed by atoms with Gasteiger partial charge in [0.2, 0.25) is 0 Å². The zero-order valence-corrected chi connectivity index (χ0v) is 12.6. The monoisotopic (exact) mass is 321 g/mol. The Hall–Kier alpha value is -2.44. The van der Waals surface area contributed by atoms with Gasteiger partial charge in [0.15, 0.2) is 5.82 Å². The second-order valence-corrected chi connectivity index (χ2v) is 5.86. The fourth-order valence-corrected chi connectivity index (χ4v) is 3.21. The Morgan fingerprint density at radius 1 is 1.35 bits per heavy atom. The van der Waals surface area contributed by atoms with E-state index >= 15 is 0 Å². The molecule has 3 rings (SSSR count). The van der Waals surface area contributed by atoms with Crippen LogP contribution in [0, 0.1) is 17.6 Å². The molecule has 0 saturated carbocycles. The van der Waals surface area contributed by atoms with Crippen LogP contribution in [0.25, 0.3) is 5.69 Å². The average molecular weight is 321 g/mol. The minimum absolute atomic E-state index is 0.0672. The van der Waals surface area contributed by atoms with Crippen molar-refractivity contribution in [3.63, 3.8) is 0 Å². The van der Waals surface area contributed by atoms with Gasteiger partial charge in [0.25, 0.3) is 0 Å². The fraction of sp³-hybridized carbons (Fsp3) is 0.375. The van der Waals surface area contributed by atoms with Crippen LogP contribution < -0.4 is 0 Å². The van der Waals surface area contributed by atoms with E-state index in [9.17, 15) is 13.6 Å². The maximum Gasteiger partial charge on any atom is 0.407 e. The van der Waals surface area contributed by atoms with Gasteiger partial charge in [0, 0.05) is 37.0 Å². The number of hydrogen-bond donors (Lipinski definition) is 1. The van der Waals surface area contributed by atoms with Gasteiger partial charge in [-0.25, -0.2) is 18.3 Å². The second-order valence-electron chi connectivity index (χ2n) is 5.86. The Labute approximate surface area is 132 Å². The molecule has 1 saturated heterocycles. The lowest BCUT2D eigenvalue weighted by Crippen LogP contribution is -2.41. The molecule has 0 spiro atoms. The van der Waals surface area contributed by atoms with Crippen LogP contribution in [0.15, 0.2) is 30.5 Å². The highest BCUT2D eigenvalue weighted by molar-refractivity contribution is 5.65. The van der Waals surface area contributed by atoms with E-state index in [0.717, 1.165) is 11.8 Å². The highest BCUT2D eigenvalue weighted by Crippen LogP contribution is 2.34. The van der Waals surface area contributed by atoms with Crippen molar-refractivity contribution < 1.29 is 18.7 Å². The summed E-state index contributed by atoms with van der Waals surface area (Å²) in [6.45, 7) is 2.83. The van der Waals surface area contributed by atoms with Gasteiger partial charge < -0.3 is 10.0 Å². The first kappa shape index (κ1) is 15.5. The molecule has 0 aliphatic carbocycles. The lowest BCUT2D eigenvalue weighted by Gasteiger charge is -2.35. The van der Waals surface area contributed by atoms with Gasteiger partial charge in [-0.1, -0.05) is 6.92 Å². The maximum absolute atomic E-state index is 14.0. The smallest absolute Gasteiger partial charge is 0.407 e. The number of amides is 1. The van der Waals surface area contributed by atoms with Crippen molar-refractivity contribution in [1.82, 2.24) is 14.7 Å². The normalized spacial score (nSPS) is 21.4. The lowest BCUT2D eigenvalue weighted by molar-refractivity contribution is 0.115. The van der Waals surface area contributed by atoms with Gasteiger partial charge in [-0.2, -0.15) is 5.10 Å². The minimum Gasteiger partial charge on any atom is -0.465 e. The van der Waals surface area contributed by atoms with Crippen molar-refractivity contribution in [3.8, 4) is 5.69 Å². The Balaban J connectivity index is 1.91. The third-order valence-electron chi connectivity index (χ3n) is 4.37. The van der Waals surface area contributed by atoms with E-state index < -0.39 is 17.7 Å². The molecule has 1 aliphatic heterocycles. The van der Waals surface area contributed by atoms with E-state index in [4.69, 9.17) is 5.11 Å². The van der Waals surface area contributed by atoms with Crippen LogP contribution in [0.4, 0.5) is 13.6 Å². The molecule has 1 aromatic carbocycles. The fourth-order valence-electron chi connectivity index (χ4n) is 3.21. The summed E-state index contributed by atoms with van der Waals surface area (Å²) in [6, 6.07) is 5.19. The van der Waals surface area contributed by atoms with Crippen molar-refractivity contribution in [2.75, 3.05) is 13.1 Å². The number of piperidine rings is 1. The highest BCUT2D eigenvalue weighted by Gasteiger charge is 2.31. The molecular formula is C16H17F2N3O2. The predicted molar refractivity (Wildman–Crippen MR) is 79.6 cm³/mol. The number of nitrogens with zero attached hydrogens (tertiary/aromatic N) is 3. The number of likely N-dealkylation sites (tertiary alicyclic amines) is 1. The van der Waals surface area contributed by atoms with Crippen molar-refractivity contribution >= 4 is 6.09 Å². The molecule has 2 atom stereocenters. The van der Waals surface area contributed by atoms with Gasteiger partial charge in [0.1, 0.15) is 11.5 Å². The average Bonchev–Trinajstić information content (AvgIpc) is 2.96. The van der Waals surface area contributed by atoms with Gasteiger partial charge in [0.05, 0.1) is 0 Å². The van der Waals surface area contributed by atoms with Crippen LogP contribution in [0.2, 0.25) is 0 Å². The number of rotatable bonds is 2. The molecule has 1 aliphatic rings. The minimum atomic E-state index is -0.923. The molecule has 0 radical (unpaired) electrons. The van der Waals surface area contributed by atoms with E-state index in [1.165, 1.54) is 21.7 Å². The molecule has 2 heterocycles. The topological polar surface area (TPSA) is 58.4 Å². The standard InChI is InChI=1S/C16H17F2N3O2/c1-10-9-20(16(22)23)7-5-12(10)14-4-6-19-21(14)15-3-2-11(17)8-13(15)18/h2-4,6,8,10,12H,5,7,9H2,1H3,(H,22,23)/t10-,12+/m0/s1. The van der Waals surface area contributed by atoms with Crippen molar-refractivity contribution in [3.05, 3.63) is 47.8 Å². The summed E-state index contributed by atoms with van der Waals surface area (Å²) in [5.74, 6) is -1.16. The SMILES string of the molecule is C[C@H]1CN(C(=O)O)CC[C@H]1c1ccnn1-c1ccc(F)cc1F. The van der Waals surface area contributed by atoms with E-state index in [1.54, 1.807) is 12.3 Å². The number of carboxylic acid groups (broad SMARTS) is 1. The number of halogens is 2. The van der Waals surface area contributed by atoms with Crippen LogP contribution in [-0.2, 0) is 0 Å². The molecule has 1 N–H and O–H groups in total. The molecule has 23 heavy (non-hydrogen) atoms. The zero-order chi connectivity index (χ0) is 16.6. The van der Waals surface area contributed by atoms with E-state index in [1.807, 2.05) is 6.92 Å². The maximum atomic E-state index is 14.0. The first-order valence-corrected chi connectivity index (χ1v) is 7.44. The van der Waals surface area contributed by atoms with Crippen LogP contribution >= 0.6 is 0 Å². The van der Waals surface area contributed by atoms with Gasteiger partial charge >= 0.3 is 6.09 Å². The summed E-state index contributed by atoms with van der Waals surface area (Å²) in [4.78, 5) is 12.5. The first-order valence-electron chi connectivity index (χ1n) is 7.44. The number of aromatic nitrogens is 2. The molecule has 1 fully saturated rings. The molecule has 1 amide bonds. The van der Waals surface area contributed by atoms with E-state index in [2.05, 4.69) is 5.10 Å². The molecule has 7 heteroatoms. The molecule has 2 aromatic rings. The summed E-state index contributed by atoms with van der Waals surface area (Å²) in [6.07, 6.45) is 1.30. The molecule has 122 valence electrons. The quantitative estimate of drug-likeness (QED) is 0.923. The van der Waals surface area contributed by atoms with Crippen molar-refractivity contribution in [2.24, 2.45) is 5.92 Å². The molecule has 5 nitrogen and oxygen atoms in total. The summed E-state index contributed by atoms with van der Waals surface area (Å²) in [7, 11) is 0. The second kappa shape index (κ2) is 5.98. The first-order chi connectivity index (χ1) is 11.0. The Morgan fingerprint density at radius 2 is 2.13 bits per heavy atom. The van der Waals surface area contributed by atoms with Crippen LogP contribution in [0.3, 0.4) is 0 Å². The highest BCUT2D eigenvalue weighted by atomic mass is 19.1. The third kappa shape index (κ3) is 2.91. The summed E-state index contributed by atoms with van der Waals surface area (Å²) in [5.41, 5.74) is 1.01. The van der Waals surface area contributed by atoms with Crippen LogP contribution in [0.1, 0.15) is 25.0 Å². The van der Waals surface area contributed by atoms with Gasteiger partial charge in [-0.3, -0.25) is 0 Å². The molecule has 0 bridgehead atoms. The number of hydrogen-bond acceptors (Lipinski definition) is 2. The lowest BCUT2D eigenvalue weighted by atomic mass is 9.84. The van der Waals surface area contributed by atoms with Crippen molar-refractivity contribution in [2.45, 2.75) is 19.3 Å². The Bertz CT molecular complexity index is 732. The molecular weight excluding hydrogens is 304 g/mol. The van der Waals surface area contributed by atoms with E-state index in [-0.39, 0.29) is 17.5 Å². The molecule has 0 unspecified atom stereocenters. The zero-order valence-electron chi connectivity index (χ0n) is 12.6. The Kier molecular flexibility index (Phi) is 4.02. The summed E-state index contributed by atoms with van der Waals surface area (Å²) in [5, 5.41) is 13.3. The van der Waals surface area contributed by atoms with Gasteiger partial charge in [-0.05, 0) is 30.5 Å². The number of benzene rings is 1. The van der Waals surface area contributed by atoms with Crippen LogP contribution in [0.5, 0.6) is 0 Å². The van der Waals surface area contributed by atoms with E-state index in [0.29, 0.717) is 19.5 Å². The largest absolute Gasteiger partial charge is 0.465 e. The van der Waals surface area contributed by atoms with Crippen molar-refractivity contribution in [1.29, 1.82) is 0 Å². The van der Waals surface area contributed by atoms with Crippen LogP contribution in [-0.4, -0.2) is 39.0 Å². The molecule has 1 aromatic heterocycles. The Morgan fingerprint density at radius 3 is 2.78 bits per heavy atom.